The van der Waals surface area contributed by atoms with Crippen LogP contribution in [0.15, 0.2) is 10.6 Å². The maximum absolute atomic E-state index is 10.8. The van der Waals surface area contributed by atoms with Crippen molar-refractivity contribution in [3.05, 3.63) is 17.5 Å². The molecule has 0 fully saturated rings. The summed E-state index contributed by atoms with van der Waals surface area (Å²) in [6.45, 7) is 0.479. The molecule has 0 bridgehead atoms. The molecule has 1 rings (SSSR count). The van der Waals surface area contributed by atoms with E-state index < -0.39 is 5.97 Å². The molecule has 1 aromatic rings. The second-order valence-electron chi connectivity index (χ2n) is 2.21. The zero-order valence-electron chi connectivity index (χ0n) is 6.74. The van der Waals surface area contributed by atoms with Crippen molar-refractivity contribution in [2.75, 3.05) is 13.7 Å². The van der Waals surface area contributed by atoms with Crippen LogP contribution in [0.25, 0.3) is 0 Å². The third kappa shape index (κ3) is 1.82. The number of hydrogen-bond acceptors (Lipinski definition) is 5. The quantitative estimate of drug-likeness (QED) is 0.644. The van der Waals surface area contributed by atoms with Crippen LogP contribution in [0, 0.1) is 0 Å². The Morgan fingerprint density at radius 2 is 2.58 bits per heavy atom. The molecule has 0 spiro atoms. The van der Waals surface area contributed by atoms with Crippen molar-refractivity contribution in [1.29, 1.82) is 0 Å². The van der Waals surface area contributed by atoms with Crippen molar-refractivity contribution in [3.8, 4) is 0 Å². The molecule has 5 nitrogen and oxygen atoms in total. The second kappa shape index (κ2) is 3.87. The highest BCUT2D eigenvalue weighted by Gasteiger charge is 2.11. The van der Waals surface area contributed by atoms with E-state index in [4.69, 9.17) is 5.73 Å². The van der Waals surface area contributed by atoms with Gasteiger partial charge in [-0.3, -0.25) is 0 Å². The molecule has 0 saturated heterocycles. The van der Waals surface area contributed by atoms with Crippen molar-refractivity contribution < 1.29 is 14.1 Å². The van der Waals surface area contributed by atoms with Crippen LogP contribution < -0.4 is 5.73 Å². The van der Waals surface area contributed by atoms with Gasteiger partial charge in [0.2, 0.25) is 5.76 Å². The fourth-order valence-corrected chi connectivity index (χ4v) is 0.774. The molecular weight excluding hydrogens is 160 g/mol. The first kappa shape index (κ1) is 8.73. The molecule has 0 aliphatic heterocycles. The van der Waals surface area contributed by atoms with Gasteiger partial charge in [-0.25, -0.2) is 4.79 Å². The summed E-state index contributed by atoms with van der Waals surface area (Å²) >= 11 is 0. The highest BCUT2D eigenvalue weighted by atomic mass is 16.5. The predicted molar refractivity (Wildman–Crippen MR) is 40.6 cm³/mol. The van der Waals surface area contributed by atoms with Crippen LogP contribution in [0.3, 0.4) is 0 Å². The Morgan fingerprint density at radius 1 is 1.83 bits per heavy atom. The minimum absolute atomic E-state index is 0.112. The molecule has 0 radical (unpaired) electrons. The van der Waals surface area contributed by atoms with Crippen LogP contribution in [-0.4, -0.2) is 24.8 Å². The SMILES string of the molecule is COC(=O)c1cc(CCN)no1. The summed E-state index contributed by atoms with van der Waals surface area (Å²) < 4.78 is 9.11. The van der Waals surface area contributed by atoms with Crippen LogP contribution in [0.4, 0.5) is 0 Å². The van der Waals surface area contributed by atoms with E-state index in [9.17, 15) is 4.79 Å². The number of carbonyl (C=O) groups excluding carboxylic acids is 1. The first-order valence-electron chi connectivity index (χ1n) is 3.52. The number of aromatic nitrogens is 1. The maximum atomic E-state index is 10.8. The van der Waals surface area contributed by atoms with Crippen LogP contribution in [0.2, 0.25) is 0 Å². The Balaban J connectivity index is 2.70. The highest BCUT2D eigenvalue weighted by Crippen LogP contribution is 2.04. The first-order chi connectivity index (χ1) is 5.77. The van der Waals surface area contributed by atoms with Gasteiger partial charge in [-0.15, -0.1) is 0 Å². The Hall–Kier alpha value is -1.36. The molecule has 0 aromatic carbocycles. The number of nitrogens with zero attached hydrogens (tertiary/aromatic N) is 1. The summed E-state index contributed by atoms with van der Waals surface area (Å²) in [5.41, 5.74) is 5.95. The van der Waals surface area contributed by atoms with Gasteiger partial charge in [-0.2, -0.15) is 0 Å². The molecule has 0 unspecified atom stereocenters. The normalized spacial score (nSPS) is 9.83. The van der Waals surface area contributed by atoms with Gasteiger partial charge in [0.05, 0.1) is 12.8 Å². The zero-order valence-corrected chi connectivity index (χ0v) is 6.74. The molecule has 0 saturated carbocycles. The average Bonchev–Trinajstić information content (AvgIpc) is 2.52. The van der Waals surface area contributed by atoms with Gasteiger partial charge in [-0.1, -0.05) is 5.16 Å². The Morgan fingerprint density at radius 3 is 3.17 bits per heavy atom. The average molecular weight is 170 g/mol. The number of hydrogen-bond donors (Lipinski definition) is 1. The molecule has 1 heterocycles. The topological polar surface area (TPSA) is 78.4 Å². The lowest BCUT2D eigenvalue weighted by atomic mass is 10.3. The third-order valence-corrected chi connectivity index (χ3v) is 1.35. The van der Waals surface area contributed by atoms with Crippen LogP contribution >= 0.6 is 0 Å². The lowest BCUT2D eigenvalue weighted by molar-refractivity contribution is 0.0554. The summed E-state index contributed by atoms with van der Waals surface area (Å²) in [6.07, 6.45) is 0.598. The first-order valence-corrected chi connectivity index (χ1v) is 3.52. The molecule has 0 atom stereocenters. The third-order valence-electron chi connectivity index (χ3n) is 1.35. The van der Waals surface area contributed by atoms with Crippen LogP contribution in [0.1, 0.15) is 16.2 Å². The van der Waals surface area contributed by atoms with Crippen molar-refractivity contribution in [2.24, 2.45) is 5.73 Å². The molecule has 0 amide bonds. The minimum Gasteiger partial charge on any atom is -0.463 e. The Labute approximate surface area is 69.5 Å². The van der Waals surface area contributed by atoms with Gasteiger partial charge in [0, 0.05) is 12.5 Å². The maximum Gasteiger partial charge on any atom is 0.376 e. The van der Waals surface area contributed by atoms with Gasteiger partial charge in [0.1, 0.15) is 0 Å². The van der Waals surface area contributed by atoms with Crippen molar-refractivity contribution in [3.63, 3.8) is 0 Å². The number of carbonyl (C=O) groups is 1. The van der Waals surface area contributed by atoms with E-state index in [1.165, 1.54) is 13.2 Å². The Bertz CT molecular complexity index is 269. The van der Waals surface area contributed by atoms with E-state index in [0.717, 1.165) is 0 Å². The summed E-state index contributed by atoms with van der Waals surface area (Å²) in [5, 5.41) is 3.62. The van der Waals surface area contributed by atoms with E-state index in [2.05, 4.69) is 14.4 Å². The molecule has 66 valence electrons. The van der Waals surface area contributed by atoms with Gasteiger partial charge in [0.15, 0.2) is 0 Å². The van der Waals surface area contributed by atoms with E-state index >= 15 is 0 Å². The van der Waals surface area contributed by atoms with E-state index in [1.54, 1.807) is 0 Å². The fourth-order valence-electron chi connectivity index (χ4n) is 0.774. The summed E-state index contributed by atoms with van der Waals surface area (Å²) in [4.78, 5) is 10.8. The number of esters is 1. The monoisotopic (exact) mass is 170 g/mol. The lowest BCUT2D eigenvalue weighted by Crippen LogP contribution is -2.02. The van der Waals surface area contributed by atoms with E-state index in [0.29, 0.717) is 18.7 Å². The van der Waals surface area contributed by atoms with Crippen LogP contribution in [0.5, 0.6) is 0 Å². The number of nitrogens with two attached hydrogens (primary N) is 1. The minimum atomic E-state index is -0.522. The number of methoxy groups -OCH3 is 1. The van der Waals surface area contributed by atoms with Crippen molar-refractivity contribution >= 4 is 5.97 Å². The lowest BCUT2D eigenvalue weighted by Gasteiger charge is -1.88. The van der Waals surface area contributed by atoms with Gasteiger partial charge >= 0.3 is 5.97 Å². The highest BCUT2D eigenvalue weighted by molar-refractivity contribution is 5.86. The number of ether oxygens (including phenoxy) is 1. The van der Waals surface area contributed by atoms with Crippen molar-refractivity contribution in [2.45, 2.75) is 6.42 Å². The molecule has 0 aliphatic carbocycles. The Kier molecular flexibility index (Phi) is 2.82. The molecular formula is C7H10N2O3. The standard InChI is InChI=1S/C7H10N2O3/c1-11-7(10)6-4-5(2-3-8)9-12-6/h4H,2-3,8H2,1H3. The number of rotatable bonds is 3. The second-order valence-corrected chi connectivity index (χ2v) is 2.21. The van der Waals surface area contributed by atoms with E-state index in [1.807, 2.05) is 0 Å². The fraction of sp³-hybridized carbons (Fsp3) is 0.429. The summed E-state index contributed by atoms with van der Waals surface area (Å²) in [5.74, 6) is -0.410. The van der Waals surface area contributed by atoms with Crippen molar-refractivity contribution in [1.82, 2.24) is 5.16 Å². The summed E-state index contributed by atoms with van der Waals surface area (Å²) in [7, 11) is 1.29. The van der Waals surface area contributed by atoms with Gasteiger partial charge in [-0.05, 0) is 6.54 Å². The largest absolute Gasteiger partial charge is 0.463 e. The molecule has 0 aliphatic rings. The van der Waals surface area contributed by atoms with E-state index in [-0.39, 0.29) is 5.76 Å². The molecule has 1 aromatic heterocycles. The smallest absolute Gasteiger partial charge is 0.376 e. The van der Waals surface area contributed by atoms with Gasteiger partial charge in [0.25, 0.3) is 0 Å². The summed E-state index contributed by atoms with van der Waals surface area (Å²) in [6, 6.07) is 1.53. The molecule has 2 N–H and O–H groups in total. The molecule has 5 heteroatoms. The van der Waals surface area contributed by atoms with Crippen LogP contribution in [-0.2, 0) is 11.2 Å². The predicted octanol–water partition coefficient (Wildman–Crippen LogP) is -0.0376. The van der Waals surface area contributed by atoms with Gasteiger partial charge < -0.3 is 15.0 Å². The molecule has 12 heavy (non-hydrogen) atoms. The zero-order chi connectivity index (χ0) is 8.97.